The van der Waals surface area contributed by atoms with Crippen LogP contribution < -0.4 is 20.3 Å². The van der Waals surface area contributed by atoms with Gasteiger partial charge in [-0.3, -0.25) is 5.01 Å². The van der Waals surface area contributed by atoms with Crippen LogP contribution in [0.3, 0.4) is 0 Å². The van der Waals surface area contributed by atoms with E-state index in [2.05, 4.69) is 30.8 Å². The van der Waals surface area contributed by atoms with E-state index in [9.17, 15) is 4.39 Å². The van der Waals surface area contributed by atoms with Crippen molar-refractivity contribution in [3.63, 3.8) is 0 Å². The van der Waals surface area contributed by atoms with E-state index in [0.29, 0.717) is 39.3 Å². The summed E-state index contributed by atoms with van der Waals surface area (Å²) < 4.78 is 26.6. The average molecular weight is 490 g/mol. The number of hydrogen-bond acceptors (Lipinski definition) is 7. The van der Waals surface area contributed by atoms with E-state index in [1.54, 1.807) is 31.4 Å². The molecule has 0 atom stereocenters. The summed E-state index contributed by atoms with van der Waals surface area (Å²) in [4.78, 5) is 11.1. The van der Waals surface area contributed by atoms with E-state index in [0.717, 1.165) is 13.0 Å². The summed E-state index contributed by atoms with van der Waals surface area (Å²) in [6.07, 6.45) is 4.90. The Hall–Kier alpha value is -2.49. The van der Waals surface area contributed by atoms with Crippen LogP contribution in [0, 0.1) is 5.82 Å². The van der Waals surface area contributed by atoms with E-state index in [1.165, 1.54) is 43.3 Å². The Labute approximate surface area is 189 Å². The number of nitrogens with zero attached hydrogens (tertiary/aromatic N) is 4. The van der Waals surface area contributed by atoms with E-state index < -0.39 is 5.82 Å². The zero-order valence-corrected chi connectivity index (χ0v) is 18.9. The SMILES string of the molecule is COc1cc2c(N(N)c3ccc(Br)cc3F)ncnc2cc1OCCCN1CCCC1. The van der Waals surface area contributed by atoms with Gasteiger partial charge in [0.15, 0.2) is 17.3 Å². The monoisotopic (exact) mass is 489 g/mol. The normalized spacial score (nSPS) is 14.2. The van der Waals surface area contributed by atoms with E-state index in [1.807, 2.05) is 0 Å². The molecule has 1 aliphatic heterocycles. The van der Waals surface area contributed by atoms with Gasteiger partial charge in [0, 0.05) is 22.5 Å². The number of halogens is 2. The maximum Gasteiger partial charge on any atom is 0.163 e. The van der Waals surface area contributed by atoms with Gasteiger partial charge in [-0.05, 0) is 56.6 Å². The summed E-state index contributed by atoms with van der Waals surface area (Å²) in [6, 6.07) is 8.24. The number of aromatic nitrogens is 2. The number of anilines is 2. The van der Waals surface area contributed by atoms with Gasteiger partial charge in [-0.1, -0.05) is 15.9 Å². The van der Waals surface area contributed by atoms with E-state index >= 15 is 0 Å². The molecule has 31 heavy (non-hydrogen) atoms. The number of fused-ring (bicyclic) bond motifs is 1. The maximum atomic E-state index is 14.4. The number of hydrogen-bond donors (Lipinski definition) is 1. The molecule has 1 fully saturated rings. The van der Waals surface area contributed by atoms with Crippen molar-refractivity contribution in [1.82, 2.24) is 14.9 Å². The van der Waals surface area contributed by atoms with Crippen molar-refractivity contribution in [3.8, 4) is 11.5 Å². The lowest BCUT2D eigenvalue weighted by Crippen LogP contribution is -2.27. The quantitative estimate of drug-likeness (QED) is 0.285. The van der Waals surface area contributed by atoms with Crippen LogP contribution in [0.2, 0.25) is 0 Å². The summed E-state index contributed by atoms with van der Waals surface area (Å²) in [5.74, 6) is 7.29. The number of hydrazine groups is 1. The molecular weight excluding hydrogens is 465 g/mol. The molecule has 3 aromatic rings. The van der Waals surface area contributed by atoms with Gasteiger partial charge in [0.05, 0.1) is 24.9 Å². The molecule has 0 spiro atoms. The van der Waals surface area contributed by atoms with Crippen molar-refractivity contribution in [2.45, 2.75) is 19.3 Å². The van der Waals surface area contributed by atoms with Crippen LogP contribution in [-0.2, 0) is 0 Å². The molecule has 0 aliphatic carbocycles. The first-order chi connectivity index (χ1) is 15.1. The number of methoxy groups -OCH3 is 1. The zero-order chi connectivity index (χ0) is 21.8. The maximum absolute atomic E-state index is 14.4. The Balaban J connectivity index is 1.57. The first-order valence-electron chi connectivity index (χ1n) is 10.2. The fourth-order valence-corrected chi connectivity index (χ4v) is 4.12. The van der Waals surface area contributed by atoms with Crippen molar-refractivity contribution < 1.29 is 13.9 Å². The summed E-state index contributed by atoms with van der Waals surface area (Å²) in [6.45, 7) is 3.97. The van der Waals surface area contributed by atoms with Crippen LogP contribution in [0.4, 0.5) is 15.9 Å². The fraction of sp³-hybridized carbons (Fsp3) is 0.364. The zero-order valence-electron chi connectivity index (χ0n) is 17.4. The highest BCUT2D eigenvalue weighted by Gasteiger charge is 2.18. The molecule has 1 aromatic heterocycles. The molecule has 0 unspecified atom stereocenters. The molecule has 2 N–H and O–H groups in total. The molecule has 0 amide bonds. The van der Waals surface area contributed by atoms with E-state index in [4.69, 9.17) is 15.3 Å². The molecule has 0 saturated carbocycles. The molecule has 7 nitrogen and oxygen atoms in total. The minimum absolute atomic E-state index is 0.199. The summed E-state index contributed by atoms with van der Waals surface area (Å²) in [5.41, 5.74) is 0.831. The third-order valence-corrected chi connectivity index (χ3v) is 5.87. The first kappa shape index (κ1) is 21.7. The van der Waals surface area contributed by atoms with Crippen molar-refractivity contribution in [3.05, 3.63) is 46.9 Å². The number of likely N-dealkylation sites (tertiary alicyclic amines) is 1. The van der Waals surface area contributed by atoms with Gasteiger partial charge < -0.3 is 14.4 Å². The summed E-state index contributed by atoms with van der Waals surface area (Å²) in [7, 11) is 1.58. The van der Waals surface area contributed by atoms with Crippen LogP contribution in [-0.4, -0.2) is 48.2 Å². The predicted molar refractivity (Wildman–Crippen MR) is 122 cm³/mol. The van der Waals surface area contributed by atoms with Crippen molar-refractivity contribution >= 4 is 38.3 Å². The highest BCUT2D eigenvalue weighted by Crippen LogP contribution is 2.36. The summed E-state index contributed by atoms with van der Waals surface area (Å²) in [5, 5.41) is 1.84. The van der Waals surface area contributed by atoms with Gasteiger partial charge in [-0.15, -0.1) is 0 Å². The van der Waals surface area contributed by atoms with Crippen LogP contribution in [0.15, 0.2) is 41.1 Å². The molecule has 164 valence electrons. The minimum atomic E-state index is -0.464. The van der Waals surface area contributed by atoms with Gasteiger partial charge in [-0.2, -0.15) is 0 Å². The second-order valence-electron chi connectivity index (χ2n) is 7.43. The predicted octanol–water partition coefficient (Wildman–Crippen LogP) is 4.42. The van der Waals surface area contributed by atoms with Crippen LogP contribution in [0.1, 0.15) is 19.3 Å². The first-order valence-corrected chi connectivity index (χ1v) is 11.0. The number of benzene rings is 2. The average Bonchev–Trinajstić information content (AvgIpc) is 3.29. The molecule has 1 saturated heterocycles. The Morgan fingerprint density at radius 2 is 1.97 bits per heavy atom. The van der Waals surface area contributed by atoms with Crippen LogP contribution >= 0.6 is 15.9 Å². The molecule has 2 aromatic carbocycles. The van der Waals surface area contributed by atoms with Gasteiger partial charge in [0.1, 0.15) is 12.1 Å². The van der Waals surface area contributed by atoms with Crippen LogP contribution in [0.5, 0.6) is 11.5 Å². The van der Waals surface area contributed by atoms with Crippen molar-refractivity contribution in [1.29, 1.82) is 0 Å². The Bertz CT molecular complexity index is 1060. The second-order valence-corrected chi connectivity index (χ2v) is 8.35. The smallest absolute Gasteiger partial charge is 0.163 e. The van der Waals surface area contributed by atoms with Crippen molar-refractivity contribution in [2.24, 2.45) is 5.84 Å². The third-order valence-electron chi connectivity index (χ3n) is 5.37. The molecule has 2 heterocycles. The molecule has 0 radical (unpaired) electrons. The van der Waals surface area contributed by atoms with E-state index in [-0.39, 0.29) is 5.69 Å². The lowest BCUT2D eigenvalue weighted by Gasteiger charge is -2.20. The minimum Gasteiger partial charge on any atom is -0.493 e. The van der Waals surface area contributed by atoms with Crippen molar-refractivity contribution in [2.75, 3.05) is 38.4 Å². The lowest BCUT2D eigenvalue weighted by atomic mass is 10.2. The standard InChI is InChI=1S/C22H25BrFN5O2/c1-30-20-12-16-18(13-21(20)31-10-4-9-28-7-2-3-8-28)26-14-27-22(16)29(25)19-6-5-15(23)11-17(19)24/h5-6,11-14H,2-4,7-10,25H2,1H3. The molecule has 4 rings (SSSR count). The lowest BCUT2D eigenvalue weighted by molar-refractivity contribution is 0.254. The van der Waals surface area contributed by atoms with Gasteiger partial charge in [0.25, 0.3) is 0 Å². The number of rotatable bonds is 8. The van der Waals surface area contributed by atoms with Gasteiger partial charge in [0.2, 0.25) is 0 Å². The molecular formula is C22H25BrFN5O2. The second kappa shape index (κ2) is 9.76. The Morgan fingerprint density at radius 3 is 2.71 bits per heavy atom. The molecule has 0 bridgehead atoms. The third kappa shape index (κ3) is 4.89. The van der Waals surface area contributed by atoms with Gasteiger partial charge >= 0.3 is 0 Å². The Morgan fingerprint density at radius 1 is 1.16 bits per heavy atom. The highest BCUT2D eigenvalue weighted by atomic mass is 79.9. The topological polar surface area (TPSA) is 76.7 Å². The Kier molecular flexibility index (Phi) is 6.84. The van der Waals surface area contributed by atoms with Crippen LogP contribution in [0.25, 0.3) is 10.9 Å². The fourth-order valence-electron chi connectivity index (χ4n) is 3.78. The molecule has 9 heteroatoms. The highest BCUT2D eigenvalue weighted by molar-refractivity contribution is 9.10. The number of ether oxygens (including phenoxy) is 2. The van der Waals surface area contributed by atoms with Gasteiger partial charge in [-0.25, -0.2) is 20.2 Å². The largest absolute Gasteiger partial charge is 0.493 e. The number of nitrogens with two attached hydrogens (primary N) is 1. The molecule has 1 aliphatic rings. The summed E-state index contributed by atoms with van der Waals surface area (Å²) >= 11 is 3.25.